The van der Waals surface area contributed by atoms with Crippen LogP contribution in [-0.2, 0) is 20.2 Å². The number of hydrogen-bond donors (Lipinski definition) is 5. The summed E-state index contributed by atoms with van der Waals surface area (Å²) in [6.45, 7) is 0. The zero-order valence-corrected chi connectivity index (χ0v) is 17.1. The maximum Gasteiger partial charge on any atom is 0.296 e. The van der Waals surface area contributed by atoms with Crippen molar-refractivity contribution in [2.45, 2.75) is 9.79 Å². The molecule has 0 saturated heterocycles. The molecule has 6 N–H and O–H groups in total. The average Bonchev–Trinajstić information content (AvgIpc) is 2.65. The highest BCUT2D eigenvalue weighted by molar-refractivity contribution is 7.86. The largest absolute Gasteiger partial charge is 0.505 e. The third-order valence-electron chi connectivity index (χ3n) is 4.16. The van der Waals surface area contributed by atoms with E-state index in [1.54, 1.807) is 0 Å². The fraction of sp³-hybridized carbons (Fsp3) is 0. The summed E-state index contributed by atoms with van der Waals surface area (Å²) in [6.07, 6.45) is 0. The highest BCUT2D eigenvalue weighted by Crippen LogP contribution is 2.44. The highest BCUT2D eigenvalue weighted by atomic mass is 32.2. The lowest BCUT2D eigenvalue weighted by Gasteiger charge is -2.12. The Bertz CT molecular complexity index is 1530. The summed E-state index contributed by atoms with van der Waals surface area (Å²) in [4.78, 5) is 8.25. The Labute approximate surface area is 178 Å². The first kappa shape index (κ1) is 22.8. The summed E-state index contributed by atoms with van der Waals surface area (Å²) < 4.78 is 65.2. The first-order valence-corrected chi connectivity index (χ1v) is 11.0. The Morgan fingerprint density at radius 1 is 0.938 bits per heavy atom. The fourth-order valence-electron chi connectivity index (χ4n) is 2.75. The lowest BCUT2D eigenvalue weighted by atomic mass is 10.1. The predicted octanol–water partition coefficient (Wildman–Crippen LogP) is 2.65. The molecule has 0 aliphatic heterocycles. The molecule has 168 valence electrons. The molecule has 0 unspecified atom stereocenters. The van der Waals surface area contributed by atoms with E-state index in [2.05, 4.69) is 10.2 Å². The molecule has 3 rings (SSSR count). The van der Waals surface area contributed by atoms with Crippen LogP contribution in [0.15, 0.2) is 56.4 Å². The van der Waals surface area contributed by atoms with Crippen LogP contribution in [0, 0.1) is 10.1 Å². The minimum Gasteiger partial charge on any atom is -0.505 e. The lowest BCUT2D eigenvalue weighted by Crippen LogP contribution is -2.02. The fourth-order valence-corrected chi connectivity index (χ4v) is 3.96. The summed E-state index contributed by atoms with van der Waals surface area (Å²) in [5.41, 5.74) is 3.73. The van der Waals surface area contributed by atoms with E-state index in [0.29, 0.717) is 0 Å². The normalized spacial score (nSPS) is 12.4. The van der Waals surface area contributed by atoms with Crippen LogP contribution in [0.2, 0.25) is 0 Å². The van der Waals surface area contributed by atoms with E-state index in [4.69, 9.17) is 5.73 Å². The Hall–Kier alpha value is -3.86. The molecule has 0 fully saturated rings. The Balaban J connectivity index is 2.29. The Morgan fingerprint density at radius 3 is 2.12 bits per heavy atom. The number of fused-ring (bicyclic) bond motifs is 1. The van der Waals surface area contributed by atoms with Crippen molar-refractivity contribution in [2.75, 3.05) is 5.73 Å². The number of nitrogens with two attached hydrogens (primary N) is 1. The van der Waals surface area contributed by atoms with Crippen molar-refractivity contribution in [2.24, 2.45) is 10.2 Å². The van der Waals surface area contributed by atoms with E-state index < -0.39 is 57.8 Å². The second-order valence-corrected chi connectivity index (χ2v) is 9.07. The standard InChI is InChI=1S/C16H12N4O10S2/c17-10-6-9(31(25,26)27)3-7-4-13(32(28,29)30)15(16(22)14(7)10)19-18-11-2-1-8(20(23)24)5-12(11)21/h1-6,21-22H,17H2,(H,25,26,27)(H,28,29,30). The van der Waals surface area contributed by atoms with Crippen molar-refractivity contribution in [1.82, 2.24) is 0 Å². The van der Waals surface area contributed by atoms with E-state index in [-0.39, 0.29) is 22.1 Å². The molecular formula is C16H12N4O10S2. The number of nitro benzene ring substituents is 1. The number of anilines is 1. The van der Waals surface area contributed by atoms with Gasteiger partial charge in [0, 0.05) is 17.1 Å². The molecule has 0 atom stereocenters. The Kier molecular flexibility index (Phi) is 5.48. The van der Waals surface area contributed by atoms with Crippen molar-refractivity contribution < 1.29 is 41.1 Å². The average molecular weight is 484 g/mol. The number of azo groups is 1. The van der Waals surface area contributed by atoms with Gasteiger partial charge < -0.3 is 15.9 Å². The molecule has 0 aliphatic rings. The van der Waals surface area contributed by atoms with Crippen molar-refractivity contribution in [3.05, 3.63) is 46.5 Å². The quantitative estimate of drug-likeness (QED) is 0.116. The molecular weight excluding hydrogens is 472 g/mol. The van der Waals surface area contributed by atoms with Gasteiger partial charge in [0.1, 0.15) is 22.0 Å². The molecule has 3 aromatic rings. The number of nitrogen functional groups attached to an aromatic ring is 1. The first-order valence-electron chi connectivity index (χ1n) is 8.13. The van der Waals surface area contributed by atoms with Crippen LogP contribution in [0.25, 0.3) is 10.8 Å². The third kappa shape index (κ3) is 4.28. The monoisotopic (exact) mass is 484 g/mol. The smallest absolute Gasteiger partial charge is 0.296 e. The van der Waals surface area contributed by atoms with Crippen molar-refractivity contribution in [3.63, 3.8) is 0 Å². The summed E-state index contributed by atoms with van der Waals surface area (Å²) in [6, 6.07) is 5.07. The number of rotatable bonds is 5. The molecule has 14 nitrogen and oxygen atoms in total. The molecule has 32 heavy (non-hydrogen) atoms. The molecule has 3 aromatic carbocycles. The number of benzene rings is 3. The first-order chi connectivity index (χ1) is 14.7. The zero-order chi connectivity index (χ0) is 24.0. The summed E-state index contributed by atoms with van der Waals surface area (Å²) >= 11 is 0. The van der Waals surface area contributed by atoms with Gasteiger partial charge in [-0.15, -0.1) is 10.2 Å². The summed E-state index contributed by atoms with van der Waals surface area (Å²) in [5.74, 6) is -1.60. The minimum absolute atomic E-state index is 0.272. The van der Waals surface area contributed by atoms with Gasteiger partial charge in [0.15, 0.2) is 5.75 Å². The van der Waals surface area contributed by atoms with Gasteiger partial charge in [-0.3, -0.25) is 19.2 Å². The van der Waals surface area contributed by atoms with Gasteiger partial charge in [-0.25, -0.2) is 0 Å². The Morgan fingerprint density at radius 2 is 1.59 bits per heavy atom. The molecule has 0 aliphatic carbocycles. The van der Waals surface area contributed by atoms with Gasteiger partial charge in [0.25, 0.3) is 25.9 Å². The number of phenolic OH excluding ortho intramolecular Hbond substituents is 2. The second kappa shape index (κ2) is 7.68. The van der Waals surface area contributed by atoms with E-state index in [9.17, 15) is 46.3 Å². The molecule has 0 spiro atoms. The van der Waals surface area contributed by atoms with E-state index in [1.807, 2.05) is 0 Å². The van der Waals surface area contributed by atoms with Gasteiger partial charge in [0.05, 0.1) is 15.9 Å². The van der Waals surface area contributed by atoms with E-state index in [0.717, 1.165) is 36.4 Å². The van der Waals surface area contributed by atoms with Gasteiger partial charge in [0.2, 0.25) is 0 Å². The molecule has 0 amide bonds. The van der Waals surface area contributed by atoms with Crippen LogP contribution < -0.4 is 5.73 Å². The number of phenols is 2. The van der Waals surface area contributed by atoms with Crippen LogP contribution in [0.5, 0.6) is 11.5 Å². The van der Waals surface area contributed by atoms with Gasteiger partial charge >= 0.3 is 0 Å². The topological polar surface area (TPSA) is 243 Å². The molecule has 0 heterocycles. The molecule has 0 aromatic heterocycles. The van der Waals surface area contributed by atoms with E-state index >= 15 is 0 Å². The van der Waals surface area contributed by atoms with Crippen LogP contribution in [0.3, 0.4) is 0 Å². The van der Waals surface area contributed by atoms with Crippen molar-refractivity contribution >= 4 is 53.8 Å². The molecule has 16 heteroatoms. The molecule has 0 saturated carbocycles. The number of aromatic hydroxyl groups is 2. The number of hydrogen-bond acceptors (Lipinski definition) is 11. The summed E-state index contributed by atoms with van der Waals surface area (Å²) in [5, 5.41) is 37.7. The maximum absolute atomic E-state index is 11.8. The van der Waals surface area contributed by atoms with Crippen molar-refractivity contribution in [1.29, 1.82) is 0 Å². The van der Waals surface area contributed by atoms with Crippen LogP contribution in [0.4, 0.5) is 22.7 Å². The van der Waals surface area contributed by atoms with Crippen LogP contribution in [0.1, 0.15) is 0 Å². The van der Waals surface area contributed by atoms with Gasteiger partial charge in [-0.2, -0.15) is 16.8 Å². The number of nitrogens with zero attached hydrogens (tertiary/aromatic N) is 3. The number of non-ortho nitro benzene ring substituents is 1. The predicted molar refractivity (Wildman–Crippen MR) is 109 cm³/mol. The second-order valence-electron chi connectivity index (χ2n) is 6.26. The van der Waals surface area contributed by atoms with Gasteiger partial charge in [-0.1, -0.05) is 0 Å². The zero-order valence-electron chi connectivity index (χ0n) is 15.4. The maximum atomic E-state index is 11.8. The SMILES string of the molecule is Nc1cc(S(=O)(=O)O)cc2cc(S(=O)(=O)O)c(N=Nc3ccc([N+](=O)[O-])cc3O)c(O)c12. The lowest BCUT2D eigenvalue weighted by molar-refractivity contribution is -0.384. The molecule has 0 bridgehead atoms. The molecule has 0 radical (unpaired) electrons. The minimum atomic E-state index is -5.06. The summed E-state index contributed by atoms with van der Waals surface area (Å²) in [7, 11) is -9.80. The highest BCUT2D eigenvalue weighted by Gasteiger charge is 2.25. The van der Waals surface area contributed by atoms with E-state index in [1.165, 1.54) is 0 Å². The number of nitro groups is 1. The third-order valence-corrected chi connectivity index (χ3v) is 5.86. The van der Waals surface area contributed by atoms with Crippen LogP contribution >= 0.6 is 0 Å². The van der Waals surface area contributed by atoms with Gasteiger partial charge in [-0.05, 0) is 29.7 Å². The van der Waals surface area contributed by atoms with Crippen molar-refractivity contribution in [3.8, 4) is 11.5 Å². The van der Waals surface area contributed by atoms with Crippen LogP contribution in [-0.4, -0.2) is 41.1 Å².